The Morgan fingerprint density at radius 3 is 2.78 bits per heavy atom. The number of carbonyl (C=O) groups is 1. The molecule has 286 valence electrons. The van der Waals surface area contributed by atoms with E-state index in [9.17, 15) is 18.8 Å². The number of piperazine rings is 1. The number of hydrogen-bond acceptors (Lipinski definition) is 10. The van der Waals surface area contributed by atoms with Gasteiger partial charge in [0.1, 0.15) is 35.6 Å². The number of likely N-dealkylation sites (tertiary alicyclic amines) is 1. The molecule has 15 heteroatoms. The van der Waals surface area contributed by atoms with Gasteiger partial charge in [0.25, 0.3) is 0 Å². The van der Waals surface area contributed by atoms with Crippen LogP contribution in [0.25, 0.3) is 32.9 Å². The molecule has 7 heterocycles. The predicted octanol–water partition coefficient (Wildman–Crippen LogP) is 5.55. The van der Waals surface area contributed by atoms with Crippen LogP contribution >= 0.6 is 11.6 Å². The van der Waals surface area contributed by atoms with Gasteiger partial charge in [-0.1, -0.05) is 41.9 Å². The highest BCUT2D eigenvalue weighted by Crippen LogP contribution is 2.42. The zero-order chi connectivity index (χ0) is 37.9. The average Bonchev–Trinajstić information content (AvgIpc) is 3.68. The van der Waals surface area contributed by atoms with Crippen LogP contribution in [0.15, 0.2) is 48.7 Å². The fraction of sp³-hybridized carbons (Fsp3) is 0.475. The summed E-state index contributed by atoms with van der Waals surface area (Å²) in [6.45, 7) is 6.31. The van der Waals surface area contributed by atoms with Gasteiger partial charge < -0.3 is 19.3 Å². The molecule has 5 aliphatic heterocycles. The van der Waals surface area contributed by atoms with Crippen molar-refractivity contribution >= 4 is 45.0 Å². The van der Waals surface area contributed by atoms with Gasteiger partial charge in [-0.15, -0.1) is 0 Å². The second-order valence-corrected chi connectivity index (χ2v) is 16.1. The molecule has 0 unspecified atom stereocenters. The summed E-state index contributed by atoms with van der Waals surface area (Å²) in [5.74, 6) is -1.24. The Bertz CT molecular complexity index is 2240. The normalized spacial score (nSPS) is 25.1. The standard InChI is InChI=1S/C40H40ClF3N8O3/c41-33-30(43)8-7-25-4-1-5-28(32(25)33)35-34(44)36-29(17-46-35)37(48-38(47-36)55-24-40-10-3-13-51(40)18-26(42)16-40)50-14-15-52(27(19-50)9-11-45)31(53)6-2-12-49-20-39(21-49)22-54-23-39/h1-2,4-8,17,26-27H,3,9-10,12-16,18-24H2/b6-2+/t26-,27+,40+/m1/s1. The van der Waals surface area contributed by atoms with Crippen molar-refractivity contribution in [2.24, 2.45) is 5.41 Å². The minimum absolute atomic E-state index is 0.0652. The minimum Gasteiger partial charge on any atom is -0.461 e. The Morgan fingerprint density at radius 1 is 1.13 bits per heavy atom. The number of carbonyl (C=O) groups excluding carboxylic acids is 1. The number of pyridine rings is 1. The summed E-state index contributed by atoms with van der Waals surface area (Å²) in [5, 5.41) is 10.9. The number of fused-ring (bicyclic) bond motifs is 3. The van der Waals surface area contributed by atoms with E-state index in [-0.39, 0.29) is 53.1 Å². The summed E-state index contributed by atoms with van der Waals surface area (Å²) in [6, 6.07) is 9.62. The molecular formula is C40H40ClF3N8O3. The number of nitrogens with zero attached hydrogens (tertiary/aromatic N) is 8. The second kappa shape index (κ2) is 14.2. The van der Waals surface area contributed by atoms with Crippen LogP contribution in [0, 0.1) is 28.4 Å². The van der Waals surface area contributed by atoms with Gasteiger partial charge in [-0.3, -0.25) is 19.6 Å². The zero-order valence-corrected chi connectivity index (χ0v) is 31.0. The summed E-state index contributed by atoms with van der Waals surface area (Å²) >= 11 is 6.43. The van der Waals surface area contributed by atoms with Gasteiger partial charge >= 0.3 is 6.01 Å². The molecule has 0 bridgehead atoms. The van der Waals surface area contributed by atoms with E-state index < -0.39 is 29.4 Å². The average molecular weight is 773 g/mol. The lowest BCUT2D eigenvalue weighted by Gasteiger charge is -2.54. The van der Waals surface area contributed by atoms with E-state index >= 15 is 4.39 Å². The lowest BCUT2D eigenvalue weighted by atomic mass is 9.78. The number of ether oxygens (including phenoxy) is 2. The van der Waals surface area contributed by atoms with E-state index in [1.807, 2.05) is 11.0 Å². The first-order chi connectivity index (χ1) is 26.7. The number of rotatable bonds is 9. The van der Waals surface area contributed by atoms with Crippen molar-refractivity contribution in [1.29, 1.82) is 5.26 Å². The van der Waals surface area contributed by atoms with Crippen LogP contribution in [0.2, 0.25) is 5.02 Å². The fourth-order valence-corrected chi connectivity index (χ4v) is 9.56. The summed E-state index contributed by atoms with van der Waals surface area (Å²) in [7, 11) is 0. The summed E-state index contributed by atoms with van der Waals surface area (Å²) < 4.78 is 57.9. The quantitative estimate of drug-likeness (QED) is 0.201. The van der Waals surface area contributed by atoms with Crippen molar-refractivity contribution in [1.82, 2.24) is 29.7 Å². The molecule has 5 fully saturated rings. The first-order valence-electron chi connectivity index (χ1n) is 18.8. The SMILES string of the molecule is N#CC[C@H]1CN(c2nc(OC[C@@]34CCCN3C[C@H](F)C4)nc3c(F)c(-c4cccc5ccc(F)c(Cl)c45)ncc23)CCN1C(=O)/C=C/CN1CC2(COC2)C1. The third-order valence-corrected chi connectivity index (χ3v) is 12.4. The highest BCUT2D eigenvalue weighted by Gasteiger charge is 2.50. The number of anilines is 1. The molecule has 0 radical (unpaired) electrons. The summed E-state index contributed by atoms with van der Waals surface area (Å²) in [5.41, 5.74) is -0.0508. The topological polar surface area (TPSA) is 111 Å². The molecule has 11 nitrogen and oxygen atoms in total. The van der Waals surface area contributed by atoms with E-state index in [4.69, 9.17) is 26.1 Å². The van der Waals surface area contributed by atoms with Crippen molar-refractivity contribution in [2.45, 2.75) is 43.4 Å². The molecule has 9 rings (SSSR count). The molecule has 55 heavy (non-hydrogen) atoms. The van der Waals surface area contributed by atoms with Crippen LogP contribution in [-0.4, -0.2) is 125 Å². The van der Waals surface area contributed by atoms with Crippen molar-refractivity contribution in [3.63, 3.8) is 0 Å². The molecule has 5 aliphatic rings. The maximum atomic E-state index is 16.9. The molecule has 0 aliphatic carbocycles. The van der Waals surface area contributed by atoms with E-state index in [1.54, 1.807) is 35.2 Å². The fourth-order valence-electron chi connectivity index (χ4n) is 9.29. The van der Waals surface area contributed by atoms with Gasteiger partial charge in [0, 0.05) is 80.9 Å². The number of amides is 1. The van der Waals surface area contributed by atoms with Gasteiger partial charge in [-0.05, 0) is 30.8 Å². The largest absolute Gasteiger partial charge is 0.461 e. The van der Waals surface area contributed by atoms with Gasteiger partial charge in [0.2, 0.25) is 5.91 Å². The van der Waals surface area contributed by atoms with Gasteiger partial charge in [0.15, 0.2) is 5.82 Å². The highest BCUT2D eigenvalue weighted by atomic mass is 35.5. The highest BCUT2D eigenvalue weighted by molar-refractivity contribution is 6.36. The molecule has 2 aromatic heterocycles. The van der Waals surface area contributed by atoms with E-state index in [0.29, 0.717) is 60.1 Å². The molecule has 3 atom stereocenters. The van der Waals surface area contributed by atoms with Crippen molar-refractivity contribution < 1.29 is 27.4 Å². The summed E-state index contributed by atoms with van der Waals surface area (Å²) in [4.78, 5) is 35.4. The molecule has 5 saturated heterocycles. The van der Waals surface area contributed by atoms with Crippen molar-refractivity contribution in [2.75, 3.05) is 77.1 Å². The van der Waals surface area contributed by atoms with Crippen LogP contribution < -0.4 is 9.64 Å². The van der Waals surface area contributed by atoms with Crippen molar-refractivity contribution in [3.8, 4) is 23.3 Å². The van der Waals surface area contributed by atoms with Crippen LogP contribution in [0.5, 0.6) is 6.01 Å². The number of aromatic nitrogens is 3. The Hall–Kier alpha value is -4.55. The first kappa shape index (κ1) is 36.1. The molecular weight excluding hydrogens is 733 g/mol. The number of hydrogen-bond donors (Lipinski definition) is 0. The monoisotopic (exact) mass is 772 g/mol. The van der Waals surface area contributed by atoms with E-state index in [2.05, 4.69) is 25.8 Å². The Morgan fingerprint density at radius 2 is 1.98 bits per heavy atom. The van der Waals surface area contributed by atoms with Gasteiger partial charge in [0.05, 0.1) is 47.7 Å². The number of halogens is 4. The maximum absolute atomic E-state index is 16.9. The predicted molar refractivity (Wildman–Crippen MR) is 201 cm³/mol. The maximum Gasteiger partial charge on any atom is 0.319 e. The lowest BCUT2D eigenvalue weighted by Crippen LogP contribution is -2.65. The Balaban J connectivity index is 1.04. The Kier molecular flexibility index (Phi) is 9.32. The van der Waals surface area contributed by atoms with Crippen LogP contribution in [0.3, 0.4) is 0 Å². The molecule has 0 saturated carbocycles. The number of alkyl halides is 1. The van der Waals surface area contributed by atoms with E-state index in [1.165, 1.54) is 12.3 Å². The second-order valence-electron chi connectivity index (χ2n) is 15.7. The third kappa shape index (κ3) is 6.44. The smallest absolute Gasteiger partial charge is 0.319 e. The van der Waals surface area contributed by atoms with Crippen LogP contribution in [-0.2, 0) is 9.53 Å². The third-order valence-electron chi connectivity index (χ3n) is 12.0. The zero-order valence-electron chi connectivity index (χ0n) is 30.2. The molecule has 4 aromatic rings. The molecule has 2 aromatic carbocycles. The molecule has 1 amide bonds. The van der Waals surface area contributed by atoms with E-state index in [0.717, 1.165) is 45.7 Å². The van der Waals surface area contributed by atoms with Crippen molar-refractivity contribution in [3.05, 3.63) is 65.3 Å². The number of benzene rings is 2. The van der Waals surface area contributed by atoms with Crippen LogP contribution in [0.1, 0.15) is 25.7 Å². The summed E-state index contributed by atoms with van der Waals surface area (Å²) in [6.07, 6.45) is 6.07. The number of nitriles is 1. The Labute approximate surface area is 321 Å². The van der Waals surface area contributed by atoms with Crippen LogP contribution in [0.4, 0.5) is 19.0 Å². The molecule has 1 spiro atoms. The minimum atomic E-state index is -0.961. The van der Waals surface area contributed by atoms with Gasteiger partial charge in [-0.25, -0.2) is 13.2 Å². The first-order valence-corrected chi connectivity index (χ1v) is 19.2. The van der Waals surface area contributed by atoms with Gasteiger partial charge in [-0.2, -0.15) is 15.2 Å². The lowest BCUT2D eigenvalue weighted by molar-refractivity contribution is -0.186. The molecule has 0 N–H and O–H groups in total.